The fourth-order valence-electron chi connectivity index (χ4n) is 16.5. The van der Waals surface area contributed by atoms with E-state index in [9.17, 15) is 0 Å². The van der Waals surface area contributed by atoms with Gasteiger partial charge in [0.25, 0.3) is 0 Å². The molecular weight excluding hydrogens is 1330 g/mol. The van der Waals surface area contributed by atoms with Gasteiger partial charge in [-0.05, 0) is 231 Å². The topological polar surface area (TPSA) is 43.4 Å². The number of rotatable bonds is 40. The molecule has 2 aliphatic rings. The van der Waals surface area contributed by atoms with Crippen molar-refractivity contribution in [2.45, 2.75) is 253 Å². The predicted molar refractivity (Wildman–Crippen MR) is 465 cm³/mol. The van der Waals surface area contributed by atoms with Gasteiger partial charge in [-0.1, -0.05) is 312 Å². The van der Waals surface area contributed by atoms with Crippen molar-refractivity contribution in [3.63, 3.8) is 0 Å². The van der Waals surface area contributed by atoms with Crippen LogP contribution in [0.5, 0.6) is 23.0 Å². The maximum atomic E-state index is 7.13. The number of unbranched alkanes of at least 4 members (excludes halogenated alkanes) is 20. The van der Waals surface area contributed by atoms with Crippen LogP contribution in [0.25, 0.3) is 44.5 Å². The highest BCUT2D eigenvalue weighted by atomic mass is 16.5. The number of benzene rings is 10. The average molecular weight is 1460 g/mol. The fraction of sp³-hybridized carbons (Fsp3) is 0.417. The monoisotopic (exact) mass is 1450 g/mol. The van der Waals surface area contributed by atoms with Gasteiger partial charge in [-0.3, -0.25) is 0 Å². The Morgan fingerprint density at radius 1 is 0.248 bits per heavy atom. The molecule has 0 unspecified atom stereocenters. The van der Waals surface area contributed by atoms with E-state index in [1.807, 2.05) is 0 Å². The van der Waals surface area contributed by atoms with E-state index >= 15 is 0 Å². The van der Waals surface area contributed by atoms with Crippen LogP contribution in [0, 0.1) is 13.8 Å². The van der Waals surface area contributed by atoms with Crippen LogP contribution in [0.15, 0.2) is 206 Å². The highest BCUT2D eigenvalue weighted by Gasteiger charge is 2.53. The molecule has 109 heavy (non-hydrogen) atoms. The minimum atomic E-state index is -0.728. The summed E-state index contributed by atoms with van der Waals surface area (Å²) in [6.07, 6.45) is 28.7. The molecule has 0 atom stereocenters. The molecule has 0 bridgehead atoms. The molecule has 0 aromatic heterocycles. The van der Waals surface area contributed by atoms with E-state index in [1.165, 1.54) is 169 Å². The zero-order chi connectivity index (χ0) is 76.3. The molecule has 0 heterocycles. The minimum absolute atomic E-state index is 0.00870. The summed E-state index contributed by atoms with van der Waals surface area (Å²) >= 11 is 0. The molecule has 10 aromatic rings. The van der Waals surface area contributed by atoms with Crippen molar-refractivity contribution in [1.82, 2.24) is 0 Å². The lowest BCUT2D eigenvalue weighted by molar-refractivity contribution is 0.258. The Balaban J connectivity index is 0.936. The Kier molecular flexibility index (Phi) is 27.4. The molecule has 6 nitrogen and oxygen atoms in total. The Morgan fingerprint density at radius 3 is 0.844 bits per heavy atom. The second-order valence-electron chi connectivity index (χ2n) is 33.5. The summed E-state index contributed by atoms with van der Waals surface area (Å²) < 4.78 is 28.3. The zero-order valence-corrected chi connectivity index (χ0v) is 68.5. The third kappa shape index (κ3) is 19.1. The second-order valence-corrected chi connectivity index (χ2v) is 33.5. The molecule has 0 fully saturated rings. The largest absolute Gasteiger partial charge is 0.490 e. The van der Waals surface area contributed by atoms with E-state index in [2.05, 4.69) is 299 Å². The van der Waals surface area contributed by atoms with Gasteiger partial charge in [-0.25, -0.2) is 0 Å². The van der Waals surface area contributed by atoms with Gasteiger partial charge in [0.05, 0.1) is 31.8 Å². The lowest BCUT2D eigenvalue weighted by Crippen LogP contribution is -2.26. The Labute approximate surface area is 657 Å². The molecule has 0 aliphatic heterocycles. The van der Waals surface area contributed by atoms with Crippen molar-refractivity contribution in [2.24, 2.45) is 0 Å². The summed E-state index contributed by atoms with van der Waals surface area (Å²) in [4.78, 5) is 4.77. The number of aryl methyl sites for hydroxylation is 2. The lowest BCUT2D eigenvalue weighted by Gasteiger charge is -2.32. The van der Waals surface area contributed by atoms with Crippen LogP contribution in [0.4, 0.5) is 34.1 Å². The van der Waals surface area contributed by atoms with Gasteiger partial charge in [0, 0.05) is 34.1 Å². The second kappa shape index (κ2) is 37.6. The van der Waals surface area contributed by atoms with Crippen molar-refractivity contribution >= 4 is 34.1 Å². The van der Waals surface area contributed by atoms with Gasteiger partial charge in [-0.15, -0.1) is 0 Å². The van der Waals surface area contributed by atoms with Crippen LogP contribution in [-0.2, 0) is 16.2 Å². The van der Waals surface area contributed by atoms with E-state index in [1.54, 1.807) is 0 Å². The van der Waals surface area contributed by atoms with Crippen molar-refractivity contribution in [3.05, 3.63) is 251 Å². The molecule has 0 saturated carbocycles. The standard InChI is InChI=1S/C103H126N2O4/c1-13-17-21-25-29-33-65-106-97-71-91-92-72-98(107-66-34-30-26-22-18-14-2)100(109-68-36-32-28-24-20-16-4)74-96(92)103(95(91)73-99(97)108-67-35-31-27-23-19-15-3)93-69-76(6)39-63-89(93)90-64-46-80(70-94(90)103)79-44-57-86(58-45-79)105(88-61-49-82(50-62-88)102(10,11)12)85-55-42-78(43-56-85)77-40-53-84(54-41-77)104(83-51-37-75(5)38-52-83)87-59-47-81(48-60-87)101(7,8)9/h37-64,69-74H,13-36,65-68H2,1-12H3. The van der Waals surface area contributed by atoms with Gasteiger partial charge < -0.3 is 28.7 Å². The first-order chi connectivity index (χ1) is 53.0. The molecule has 0 amide bonds. The molecule has 1 spiro atoms. The van der Waals surface area contributed by atoms with E-state index in [0.29, 0.717) is 26.4 Å². The van der Waals surface area contributed by atoms with Crippen molar-refractivity contribution in [2.75, 3.05) is 36.2 Å². The predicted octanol–water partition coefficient (Wildman–Crippen LogP) is 30.5. The molecule has 6 heteroatoms. The normalized spacial score (nSPS) is 12.6. The van der Waals surface area contributed by atoms with Gasteiger partial charge in [0.2, 0.25) is 0 Å². The van der Waals surface area contributed by atoms with Gasteiger partial charge in [-0.2, -0.15) is 0 Å². The fourth-order valence-corrected chi connectivity index (χ4v) is 16.5. The summed E-state index contributed by atoms with van der Waals surface area (Å²) in [6.45, 7) is 29.8. The first-order valence-corrected chi connectivity index (χ1v) is 42.4. The maximum absolute atomic E-state index is 7.13. The van der Waals surface area contributed by atoms with Crippen LogP contribution in [0.2, 0.25) is 0 Å². The molecule has 2 aliphatic carbocycles. The number of hydrogen-bond acceptors (Lipinski definition) is 6. The third-order valence-electron chi connectivity index (χ3n) is 22.9. The van der Waals surface area contributed by atoms with Crippen LogP contribution >= 0.6 is 0 Å². The highest BCUT2D eigenvalue weighted by Crippen LogP contribution is 2.66. The first-order valence-electron chi connectivity index (χ1n) is 42.4. The summed E-state index contributed by atoms with van der Waals surface area (Å²) in [5, 5.41) is 0. The van der Waals surface area contributed by atoms with Crippen LogP contribution in [0.3, 0.4) is 0 Å². The summed E-state index contributed by atoms with van der Waals surface area (Å²) in [5.41, 5.74) is 25.6. The SMILES string of the molecule is CCCCCCCCOc1cc2c(cc1OCCCCCCCC)C1(c3cc(C)ccc3-c3ccc(-c4ccc(N(c5ccc(-c6ccc(N(c7ccc(C)cc7)c7ccc(C(C)(C)C)cc7)cc6)cc5)c5ccc(C(C)(C)C)cc5)cc4)cc31)c1cc(OCCCCCCCC)c(OCCCCCCCC)cc1-2. The lowest BCUT2D eigenvalue weighted by atomic mass is 9.70. The molecule has 0 saturated heterocycles. The summed E-state index contributed by atoms with van der Waals surface area (Å²) in [5.74, 6) is 3.33. The number of hydrogen-bond donors (Lipinski definition) is 0. The van der Waals surface area contributed by atoms with Crippen molar-refractivity contribution < 1.29 is 18.9 Å². The highest BCUT2D eigenvalue weighted by molar-refractivity contribution is 5.98. The Hall–Kier alpha value is -9.00. The minimum Gasteiger partial charge on any atom is -0.490 e. The molecule has 12 rings (SSSR count). The van der Waals surface area contributed by atoms with E-state index < -0.39 is 5.41 Å². The van der Waals surface area contributed by atoms with Crippen LogP contribution in [0.1, 0.15) is 268 Å². The van der Waals surface area contributed by atoms with E-state index in [0.717, 1.165) is 131 Å². The van der Waals surface area contributed by atoms with Gasteiger partial charge >= 0.3 is 0 Å². The number of ether oxygens (including phenoxy) is 4. The van der Waals surface area contributed by atoms with E-state index in [-0.39, 0.29) is 10.8 Å². The number of anilines is 6. The van der Waals surface area contributed by atoms with Crippen molar-refractivity contribution in [1.29, 1.82) is 0 Å². The maximum Gasteiger partial charge on any atom is 0.161 e. The van der Waals surface area contributed by atoms with E-state index in [4.69, 9.17) is 18.9 Å². The quantitative estimate of drug-likeness (QED) is 0.0357. The molecule has 10 aromatic carbocycles. The average Bonchev–Trinajstić information content (AvgIpc) is 1.50. The van der Waals surface area contributed by atoms with Crippen LogP contribution in [-0.4, -0.2) is 26.4 Å². The molecule has 572 valence electrons. The molecule has 0 radical (unpaired) electrons. The summed E-state index contributed by atoms with van der Waals surface area (Å²) in [6, 6.07) is 78.5. The third-order valence-corrected chi connectivity index (χ3v) is 22.9. The van der Waals surface area contributed by atoms with Crippen molar-refractivity contribution in [3.8, 4) is 67.5 Å². The number of nitrogens with zero attached hydrogens (tertiary/aromatic N) is 2. The molecular formula is C103H126N2O4. The number of fused-ring (bicyclic) bond motifs is 10. The van der Waals surface area contributed by atoms with Crippen LogP contribution < -0.4 is 28.7 Å². The smallest absolute Gasteiger partial charge is 0.161 e. The Bertz CT molecular complexity index is 4430. The van der Waals surface area contributed by atoms with Gasteiger partial charge in [0.1, 0.15) is 0 Å². The first kappa shape index (κ1) is 79.5. The molecule has 0 N–H and O–H groups in total. The Morgan fingerprint density at radius 2 is 0.505 bits per heavy atom. The summed E-state index contributed by atoms with van der Waals surface area (Å²) in [7, 11) is 0. The van der Waals surface area contributed by atoms with Gasteiger partial charge in [0.15, 0.2) is 23.0 Å². The zero-order valence-electron chi connectivity index (χ0n) is 68.5.